The molecule has 1 aliphatic carbocycles. The lowest BCUT2D eigenvalue weighted by Crippen LogP contribution is -2.28. The molecule has 0 saturated heterocycles. The molecule has 0 spiro atoms. The van der Waals surface area contributed by atoms with Crippen LogP contribution in [0, 0.1) is 0 Å². The molecule has 1 unspecified atom stereocenters. The molecule has 0 radical (unpaired) electrons. The Morgan fingerprint density at radius 1 is 1.14 bits per heavy atom. The Bertz CT molecular complexity index is 577. The van der Waals surface area contributed by atoms with E-state index >= 15 is 0 Å². The first-order valence-corrected chi connectivity index (χ1v) is 8.03. The summed E-state index contributed by atoms with van der Waals surface area (Å²) in [5, 5.41) is 3.46. The molecule has 2 aromatic rings. The third-order valence-electron chi connectivity index (χ3n) is 4.53. The molecular weight excluding hydrogens is 256 g/mol. The largest absolute Gasteiger partial charge is 0.317 e. The lowest BCUT2D eigenvalue weighted by atomic mass is 9.98. The minimum atomic E-state index is 0.520. The van der Waals surface area contributed by atoms with Gasteiger partial charge in [-0.3, -0.25) is 4.98 Å². The average Bonchev–Trinajstić information content (AvgIpc) is 3.00. The third-order valence-corrected chi connectivity index (χ3v) is 4.53. The van der Waals surface area contributed by atoms with E-state index in [2.05, 4.69) is 47.7 Å². The number of aromatic nitrogens is 1. The summed E-state index contributed by atoms with van der Waals surface area (Å²) in [5.41, 5.74) is 5.79. The van der Waals surface area contributed by atoms with Gasteiger partial charge in [0.25, 0.3) is 0 Å². The molecule has 21 heavy (non-hydrogen) atoms. The number of likely N-dealkylation sites (N-methyl/N-ethyl adjacent to an activating group) is 1. The quantitative estimate of drug-likeness (QED) is 0.878. The normalized spacial score (nSPS) is 14.9. The smallest absolute Gasteiger partial charge is 0.0404 e. The highest BCUT2D eigenvalue weighted by Gasteiger charge is 2.13. The maximum absolute atomic E-state index is 4.41. The molecule has 1 aromatic heterocycles. The Kier molecular flexibility index (Phi) is 4.66. The van der Waals surface area contributed by atoms with E-state index in [0.717, 1.165) is 19.3 Å². The molecule has 0 fully saturated rings. The highest BCUT2D eigenvalue weighted by Crippen LogP contribution is 2.23. The lowest BCUT2D eigenvalue weighted by Gasteiger charge is -2.16. The standard InChI is InChI=1S/C19H24N2/c1-20-19(11-10-18-7-2-3-12-21-18)14-15-8-9-16-5-4-6-17(16)13-15/h2-3,7-9,12-13,19-20H,4-6,10-11,14H2,1H3. The molecule has 1 atom stereocenters. The maximum atomic E-state index is 4.41. The van der Waals surface area contributed by atoms with Crippen molar-refractivity contribution >= 4 is 0 Å². The first-order chi connectivity index (χ1) is 10.3. The number of benzene rings is 1. The van der Waals surface area contributed by atoms with Crippen molar-refractivity contribution < 1.29 is 0 Å². The zero-order valence-electron chi connectivity index (χ0n) is 12.8. The van der Waals surface area contributed by atoms with Gasteiger partial charge in [-0.15, -0.1) is 0 Å². The number of pyridine rings is 1. The molecule has 1 N–H and O–H groups in total. The number of fused-ring (bicyclic) bond motifs is 1. The fourth-order valence-corrected chi connectivity index (χ4v) is 3.25. The SMILES string of the molecule is CNC(CCc1ccccn1)Cc1ccc2c(c1)CCC2. The van der Waals surface area contributed by atoms with E-state index in [9.17, 15) is 0 Å². The summed E-state index contributed by atoms with van der Waals surface area (Å²) < 4.78 is 0. The van der Waals surface area contributed by atoms with Crippen LogP contribution < -0.4 is 5.32 Å². The van der Waals surface area contributed by atoms with Crippen molar-refractivity contribution in [2.75, 3.05) is 7.05 Å². The highest BCUT2D eigenvalue weighted by atomic mass is 14.9. The van der Waals surface area contributed by atoms with Crippen molar-refractivity contribution in [3.05, 3.63) is 65.0 Å². The Balaban J connectivity index is 1.59. The molecule has 0 saturated carbocycles. The molecule has 2 heteroatoms. The summed E-state index contributed by atoms with van der Waals surface area (Å²) in [6.45, 7) is 0. The molecule has 1 aliphatic rings. The van der Waals surface area contributed by atoms with Gasteiger partial charge in [0, 0.05) is 17.9 Å². The molecule has 3 rings (SSSR count). The molecule has 110 valence electrons. The minimum absolute atomic E-state index is 0.520. The van der Waals surface area contributed by atoms with E-state index < -0.39 is 0 Å². The second-order valence-electron chi connectivity index (χ2n) is 6.01. The van der Waals surface area contributed by atoms with Gasteiger partial charge in [-0.1, -0.05) is 24.3 Å². The molecule has 0 amide bonds. The molecule has 1 aromatic carbocycles. The molecular formula is C19H24N2. The van der Waals surface area contributed by atoms with Crippen molar-refractivity contribution in [1.29, 1.82) is 0 Å². The summed E-state index contributed by atoms with van der Waals surface area (Å²) in [5.74, 6) is 0. The molecule has 0 bridgehead atoms. The maximum Gasteiger partial charge on any atom is 0.0404 e. The van der Waals surface area contributed by atoms with Crippen molar-refractivity contribution in [1.82, 2.24) is 10.3 Å². The van der Waals surface area contributed by atoms with Gasteiger partial charge in [0.15, 0.2) is 0 Å². The van der Waals surface area contributed by atoms with Crippen molar-refractivity contribution in [3.63, 3.8) is 0 Å². The van der Waals surface area contributed by atoms with Crippen LogP contribution in [0.1, 0.15) is 35.2 Å². The highest BCUT2D eigenvalue weighted by molar-refractivity contribution is 5.35. The number of nitrogens with one attached hydrogen (secondary N) is 1. The lowest BCUT2D eigenvalue weighted by molar-refractivity contribution is 0.517. The molecule has 1 heterocycles. The van der Waals surface area contributed by atoms with E-state index in [1.165, 1.54) is 30.5 Å². The Labute approximate surface area is 127 Å². The Hall–Kier alpha value is -1.67. The van der Waals surface area contributed by atoms with Crippen LogP contribution in [0.4, 0.5) is 0 Å². The summed E-state index contributed by atoms with van der Waals surface area (Å²) in [6.07, 6.45) is 9.02. The average molecular weight is 280 g/mol. The Morgan fingerprint density at radius 3 is 2.86 bits per heavy atom. The fraction of sp³-hybridized carbons (Fsp3) is 0.421. The zero-order valence-corrected chi connectivity index (χ0v) is 12.8. The van der Waals surface area contributed by atoms with Gasteiger partial charge in [-0.25, -0.2) is 0 Å². The minimum Gasteiger partial charge on any atom is -0.317 e. The first-order valence-electron chi connectivity index (χ1n) is 8.03. The predicted octanol–water partition coefficient (Wildman–Crippen LogP) is 3.33. The monoisotopic (exact) mass is 280 g/mol. The second-order valence-corrected chi connectivity index (χ2v) is 6.01. The number of hydrogen-bond acceptors (Lipinski definition) is 2. The van der Waals surface area contributed by atoms with E-state index in [0.29, 0.717) is 6.04 Å². The molecule has 2 nitrogen and oxygen atoms in total. The topological polar surface area (TPSA) is 24.9 Å². The fourth-order valence-electron chi connectivity index (χ4n) is 3.25. The van der Waals surface area contributed by atoms with Gasteiger partial charge in [0.1, 0.15) is 0 Å². The van der Waals surface area contributed by atoms with Gasteiger partial charge in [0.05, 0.1) is 0 Å². The summed E-state index contributed by atoms with van der Waals surface area (Å²) in [6, 6.07) is 13.8. The number of nitrogens with zero attached hydrogens (tertiary/aromatic N) is 1. The Morgan fingerprint density at radius 2 is 2.05 bits per heavy atom. The van der Waals surface area contributed by atoms with Crippen LogP contribution >= 0.6 is 0 Å². The van der Waals surface area contributed by atoms with E-state index in [1.54, 1.807) is 11.1 Å². The van der Waals surface area contributed by atoms with Crippen LogP contribution in [0.25, 0.3) is 0 Å². The van der Waals surface area contributed by atoms with Crippen LogP contribution in [0.15, 0.2) is 42.6 Å². The number of rotatable bonds is 6. The number of aryl methyl sites for hydroxylation is 3. The number of hydrogen-bond donors (Lipinski definition) is 1. The summed E-state index contributed by atoms with van der Waals surface area (Å²) >= 11 is 0. The van der Waals surface area contributed by atoms with Crippen LogP contribution in [-0.4, -0.2) is 18.1 Å². The second kappa shape index (κ2) is 6.86. The van der Waals surface area contributed by atoms with Gasteiger partial charge < -0.3 is 5.32 Å². The first kappa shape index (κ1) is 14.3. The van der Waals surface area contributed by atoms with Gasteiger partial charge in [0.2, 0.25) is 0 Å². The van der Waals surface area contributed by atoms with Crippen molar-refractivity contribution in [2.45, 2.75) is 44.6 Å². The van der Waals surface area contributed by atoms with Crippen molar-refractivity contribution in [2.24, 2.45) is 0 Å². The van der Waals surface area contributed by atoms with Crippen LogP contribution in [-0.2, 0) is 25.7 Å². The van der Waals surface area contributed by atoms with E-state index in [1.807, 2.05) is 12.3 Å². The van der Waals surface area contributed by atoms with Crippen molar-refractivity contribution in [3.8, 4) is 0 Å². The van der Waals surface area contributed by atoms with Gasteiger partial charge >= 0.3 is 0 Å². The third kappa shape index (κ3) is 3.70. The van der Waals surface area contributed by atoms with Crippen LogP contribution in [0.2, 0.25) is 0 Å². The van der Waals surface area contributed by atoms with Crippen LogP contribution in [0.3, 0.4) is 0 Å². The van der Waals surface area contributed by atoms with Gasteiger partial charge in [-0.05, 0) is 74.4 Å². The van der Waals surface area contributed by atoms with Crippen LogP contribution in [0.5, 0.6) is 0 Å². The van der Waals surface area contributed by atoms with E-state index in [4.69, 9.17) is 0 Å². The summed E-state index contributed by atoms with van der Waals surface area (Å²) in [7, 11) is 2.07. The zero-order chi connectivity index (χ0) is 14.5. The predicted molar refractivity (Wildman–Crippen MR) is 87.6 cm³/mol. The molecule has 0 aliphatic heterocycles. The summed E-state index contributed by atoms with van der Waals surface area (Å²) in [4.78, 5) is 4.41. The van der Waals surface area contributed by atoms with E-state index in [-0.39, 0.29) is 0 Å². The van der Waals surface area contributed by atoms with Gasteiger partial charge in [-0.2, -0.15) is 0 Å².